The van der Waals surface area contributed by atoms with Gasteiger partial charge in [-0.15, -0.1) is 10.2 Å². The molecule has 2 aromatic carbocycles. The quantitative estimate of drug-likeness (QED) is 0.512. The summed E-state index contributed by atoms with van der Waals surface area (Å²) in [5, 5.41) is 21.6. The fourth-order valence-corrected chi connectivity index (χ4v) is 3.82. The van der Waals surface area contributed by atoms with Gasteiger partial charge in [0.05, 0.1) is 29.2 Å². The maximum atomic E-state index is 12.4. The van der Waals surface area contributed by atoms with Crippen molar-refractivity contribution in [1.82, 2.24) is 14.8 Å². The fourth-order valence-electron chi connectivity index (χ4n) is 2.85. The Kier molecular flexibility index (Phi) is 7.33. The first kappa shape index (κ1) is 21.7. The van der Waals surface area contributed by atoms with E-state index in [1.165, 1.54) is 11.8 Å². The lowest BCUT2D eigenvalue weighted by molar-refractivity contribution is -0.113. The molecule has 0 bridgehead atoms. The van der Waals surface area contributed by atoms with Gasteiger partial charge in [-0.3, -0.25) is 4.79 Å². The molecule has 0 fully saturated rings. The first-order valence-electron chi connectivity index (χ1n) is 9.35. The summed E-state index contributed by atoms with van der Waals surface area (Å²) in [7, 11) is 0. The fraction of sp³-hybridized carbons (Fsp3) is 0.238. The number of hydrogen-bond donors (Lipinski definition) is 1. The molecule has 9 heteroatoms. The number of carbonyl (C=O) groups is 1. The van der Waals surface area contributed by atoms with Crippen LogP contribution in [0.4, 0.5) is 5.69 Å². The lowest BCUT2D eigenvalue weighted by atomic mass is 10.2. The number of anilines is 1. The van der Waals surface area contributed by atoms with E-state index < -0.39 is 0 Å². The Labute approximate surface area is 184 Å². The van der Waals surface area contributed by atoms with Crippen molar-refractivity contribution in [2.45, 2.75) is 25.5 Å². The van der Waals surface area contributed by atoms with Gasteiger partial charge in [-0.25, -0.2) is 0 Å². The Morgan fingerprint density at radius 2 is 2.07 bits per heavy atom. The molecule has 30 heavy (non-hydrogen) atoms. The Morgan fingerprint density at radius 1 is 1.27 bits per heavy atom. The predicted molar refractivity (Wildman–Crippen MR) is 118 cm³/mol. The SMILES string of the molecule is CCOc1ccccc1-c1nnc(SCC(=O)Nc2cc(Cl)ccc2C#N)n1CC. The third-order valence-electron chi connectivity index (χ3n) is 4.17. The second kappa shape index (κ2) is 10.1. The van der Waals surface area contributed by atoms with Gasteiger partial charge in [0, 0.05) is 11.6 Å². The van der Waals surface area contributed by atoms with Gasteiger partial charge >= 0.3 is 0 Å². The molecule has 154 valence electrons. The van der Waals surface area contributed by atoms with Gasteiger partial charge in [0.1, 0.15) is 11.8 Å². The van der Waals surface area contributed by atoms with E-state index in [-0.39, 0.29) is 11.7 Å². The monoisotopic (exact) mass is 441 g/mol. The number of thioether (sulfide) groups is 1. The highest BCUT2D eigenvalue weighted by molar-refractivity contribution is 7.99. The number of carbonyl (C=O) groups excluding carboxylic acids is 1. The van der Waals surface area contributed by atoms with Crippen molar-refractivity contribution in [3.8, 4) is 23.2 Å². The van der Waals surface area contributed by atoms with Gasteiger partial charge in [-0.05, 0) is 44.2 Å². The van der Waals surface area contributed by atoms with Crippen LogP contribution in [0, 0.1) is 11.3 Å². The van der Waals surface area contributed by atoms with Crippen LogP contribution >= 0.6 is 23.4 Å². The van der Waals surface area contributed by atoms with Crippen molar-refractivity contribution in [1.29, 1.82) is 5.26 Å². The molecular formula is C21H20ClN5O2S. The number of aromatic nitrogens is 3. The maximum Gasteiger partial charge on any atom is 0.234 e. The summed E-state index contributed by atoms with van der Waals surface area (Å²) in [6, 6.07) is 14.4. The molecule has 0 spiro atoms. The Balaban J connectivity index is 1.75. The topological polar surface area (TPSA) is 92.8 Å². The number of benzene rings is 2. The third-order valence-corrected chi connectivity index (χ3v) is 5.37. The number of para-hydroxylation sites is 1. The third kappa shape index (κ3) is 4.93. The van der Waals surface area contributed by atoms with Crippen LogP contribution in [0.2, 0.25) is 5.02 Å². The summed E-state index contributed by atoms with van der Waals surface area (Å²) >= 11 is 7.24. The molecule has 1 heterocycles. The first-order valence-corrected chi connectivity index (χ1v) is 10.7. The minimum absolute atomic E-state index is 0.114. The molecular weight excluding hydrogens is 422 g/mol. The number of nitriles is 1. The van der Waals surface area contributed by atoms with Crippen LogP contribution in [0.15, 0.2) is 47.6 Å². The molecule has 1 amide bonds. The summed E-state index contributed by atoms with van der Waals surface area (Å²) in [5.74, 6) is 1.27. The molecule has 3 aromatic rings. The second-order valence-corrected chi connectivity index (χ2v) is 7.50. The van der Waals surface area contributed by atoms with Crippen molar-refractivity contribution in [2.24, 2.45) is 0 Å². The number of hydrogen-bond acceptors (Lipinski definition) is 6. The number of halogens is 1. The van der Waals surface area contributed by atoms with E-state index in [0.717, 1.165) is 11.3 Å². The first-order chi connectivity index (χ1) is 14.6. The van der Waals surface area contributed by atoms with Crippen LogP contribution in [-0.2, 0) is 11.3 Å². The number of nitrogens with zero attached hydrogens (tertiary/aromatic N) is 4. The molecule has 3 rings (SSSR count). The van der Waals surface area contributed by atoms with Gasteiger partial charge in [-0.1, -0.05) is 35.5 Å². The lowest BCUT2D eigenvalue weighted by Gasteiger charge is -2.11. The van der Waals surface area contributed by atoms with Gasteiger partial charge in [0.15, 0.2) is 11.0 Å². The largest absolute Gasteiger partial charge is 0.493 e. The van der Waals surface area contributed by atoms with E-state index in [2.05, 4.69) is 15.5 Å². The summed E-state index contributed by atoms with van der Waals surface area (Å²) in [4.78, 5) is 12.4. The van der Waals surface area contributed by atoms with Crippen molar-refractivity contribution in [2.75, 3.05) is 17.7 Å². The zero-order valence-electron chi connectivity index (χ0n) is 16.6. The lowest BCUT2D eigenvalue weighted by Crippen LogP contribution is -2.15. The van der Waals surface area contributed by atoms with Crippen LogP contribution in [0.1, 0.15) is 19.4 Å². The molecule has 0 aliphatic rings. The number of ether oxygens (including phenoxy) is 1. The highest BCUT2D eigenvalue weighted by atomic mass is 35.5. The second-order valence-electron chi connectivity index (χ2n) is 6.12. The number of amides is 1. The van der Waals surface area contributed by atoms with Crippen molar-refractivity contribution in [3.05, 3.63) is 53.1 Å². The van der Waals surface area contributed by atoms with Crippen molar-refractivity contribution >= 4 is 35.0 Å². The minimum Gasteiger partial charge on any atom is -0.493 e. The number of nitrogens with one attached hydrogen (secondary N) is 1. The average molecular weight is 442 g/mol. The normalized spacial score (nSPS) is 10.5. The van der Waals surface area contributed by atoms with Gasteiger partial charge in [-0.2, -0.15) is 5.26 Å². The van der Waals surface area contributed by atoms with Crippen LogP contribution in [0.25, 0.3) is 11.4 Å². The Hall–Kier alpha value is -3.02. The Morgan fingerprint density at radius 3 is 2.80 bits per heavy atom. The molecule has 0 atom stereocenters. The molecule has 7 nitrogen and oxygen atoms in total. The molecule has 0 saturated heterocycles. The summed E-state index contributed by atoms with van der Waals surface area (Å²) < 4.78 is 7.65. The molecule has 0 unspecified atom stereocenters. The highest BCUT2D eigenvalue weighted by Gasteiger charge is 2.18. The smallest absolute Gasteiger partial charge is 0.234 e. The highest BCUT2D eigenvalue weighted by Crippen LogP contribution is 2.31. The van der Waals surface area contributed by atoms with Crippen LogP contribution in [0.3, 0.4) is 0 Å². The van der Waals surface area contributed by atoms with Gasteiger partial charge in [0.2, 0.25) is 5.91 Å². The summed E-state index contributed by atoms with van der Waals surface area (Å²) in [6.07, 6.45) is 0. The van der Waals surface area contributed by atoms with Crippen LogP contribution in [-0.4, -0.2) is 33.0 Å². The summed E-state index contributed by atoms with van der Waals surface area (Å²) in [6.45, 7) is 5.11. The predicted octanol–water partition coefficient (Wildman–Crippen LogP) is 4.62. The van der Waals surface area contributed by atoms with Crippen molar-refractivity contribution < 1.29 is 9.53 Å². The maximum absolute atomic E-state index is 12.4. The van der Waals surface area contributed by atoms with E-state index in [1.807, 2.05) is 48.7 Å². The standard InChI is InChI=1S/C21H20ClN5O2S/c1-3-27-20(16-7-5-6-8-18(16)29-4-2)25-26-21(27)30-13-19(28)24-17-11-15(22)10-9-14(17)12-23/h5-11H,3-4,13H2,1-2H3,(H,24,28). The van der Waals surface area contributed by atoms with Gasteiger partial charge < -0.3 is 14.6 Å². The molecule has 0 aliphatic carbocycles. The molecule has 0 saturated carbocycles. The van der Waals surface area contributed by atoms with Gasteiger partial charge in [0.25, 0.3) is 0 Å². The van der Waals surface area contributed by atoms with Crippen molar-refractivity contribution in [3.63, 3.8) is 0 Å². The van der Waals surface area contributed by atoms with E-state index >= 15 is 0 Å². The summed E-state index contributed by atoms with van der Waals surface area (Å²) in [5.41, 5.74) is 1.59. The van der Waals surface area contributed by atoms with E-state index in [4.69, 9.17) is 16.3 Å². The van der Waals surface area contributed by atoms with Crippen LogP contribution < -0.4 is 10.1 Å². The molecule has 1 aromatic heterocycles. The van der Waals surface area contributed by atoms with Crippen LogP contribution in [0.5, 0.6) is 5.75 Å². The molecule has 0 radical (unpaired) electrons. The number of rotatable bonds is 8. The average Bonchev–Trinajstić information content (AvgIpc) is 3.16. The molecule has 0 aliphatic heterocycles. The Bertz CT molecular complexity index is 1090. The molecule has 1 N–H and O–H groups in total. The minimum atomic E-state index is -0.263. The zero-order chi connectivity index (χ0) is 21.5. The van der Waals surface area contributed by atoms with E-state index in [9.17, 15) is 10.1 Å². The van der Waals surface area contributed by atoms with E-state index in [0.29, 0.717) is 40.4 Å². The van der Waals surface area contributed by atoms with E-state index in [1.54, 1.807) is 18.2 Å². The zero-order valence-corrected chi connectivity index (χ0v) is 18.1.